The summed E-state index contributed by atoms with van der Waals surface area (Å²) >= 11 is 0. The first-order chi connectivity index (χ1) is 9.76. The lowest BCUT2D eigenvalue weighted by Crippen LogP contribution is -2.51. The fraction of sp³-hybridized carbons (Fsp3) is 1.00. The Hall–Kier alpha value is -0.170. The minimum atomic E-state index is -3.36. The fourth-order valence-corrected chi connectivity index (χ4v) is 4.52. The van der Waals surface area contributed by atoms with Gasteiger partial charge in [-0.25, -0.2) is 0 Å². The minimum absolute atomic E-state index is 0.0177. The summed E-state index contributed by atoms with van der Waals surface area (Å²) in [7, 11) is -3.36. The van der Waals surface area contributed by atoms with Crippen LogP contribution >= 0.6 is 0 Å². The second-order valence-corrected chi connectivity index (χ2v) is 8.51. The summed E-state index contributed by atoms with van der Waals surface area (Å²) in [5.74, 6) is 0.727. The van der Waals surface area contributed by atoms with Gasteiger partial charge in [0.15, 0.2) is 0 Å². The molecule has 0 aromatic carbocycles. The molecule has 0 aromatic rings. The Morgan fingerprint density at radius 2 is 1.90 bits per heavy atom. The number of nitrogens with zero attached hydrogens (tertiary/aromatic N) is 1. The van der Waals surface area contributed by atoms with Gasteiger partial charge in [-0.2, -0.15) is 17.4 Å². The molecule has 2 N–H and O–H groups in total. The Morgan fingerprint density at radius 3 is 2.43 bits per heavy atom. The predicted molar refractivity (Wildman–Crippen MR) is 88.4 cm³/mol. The average molecular weight is 320 g/mol. The highest BCUT2D eigenvalue weighted by molar-refractivity contribution is 7.87. The van der Waals surface area contributed by atoms with Crippen molar-refractivity contribution in [2.45, 2.75) is 66.0 Å². The highest BCUT2D eigenvalue weighted by atomic mass is 32.2. The molecule has 6 heteroatoms. The van der Waals surface area contributed by atoms with Crippen LogP contribution in [0.25, 0.3) is 0 Å². The van der Waals surface area contributed by atoms with E-state index < -0.39 is 10.2 Å². The molecule has 0 radical (unpaired) electrons. The van der Waals surface area contributed by atoms with Crippen molar-refractivity contribution in [3.8, 4) is 0 Å². The van der Waals surface area contributed by atoms with Crippen molar-refractivity contribution in [1.29, 1.82) is 0 Å². The number of piperidine rings is 1. The number of nitrogens with one attached hydrogen (secondary N) is 2. The molecular formula is C15H33N3O2S. The quantitative estimate of drug-likeness (QED) is 0.719. The largest absolute Gasteiger partial charge is 0.314 e. The van der Waals surface area contributed by atoms with E-state index in [1.54, 1.807) is 4.31 Å². The molecule has 1 aliphatic heterocycles. The molecule has 1 aliphatic rings. The molecule has 0 amide bonds. The zero-order chi connectivity index (χ0) is 16.0. The lowest BCUT2D eigenvalue weighted by molar-refractivity contribution is 0.251. The van der Waals surface area contributed by atoms with Gasteiger partial charge in [0, 0.05) is 25.2 Å². The van der Waals surface area contributed by atoms with E-state index in [1.807, 2.05) is 6.92 Å². The lowest BCUT2D eigenvalue weighted by Gasteiger charge is -2.34. The smallest absolute Gasteiger partial charge is 0.279 e. The molecule has 1 rings (SSSR count). The molecule has 0 saturated carbocycles. The van der Waals surface area contributed by atoms with E-state index in [2.05, 4.69) is 37.7 Å². The first-order valence-corrected chi connectivity index (χ1v) is 9.71. The molecule has 0 bridgehead atoms. The van der Waals surface area contributed by atoms with Crippen molar-refractivity contribution in [1.82, 2.24) is 14.3 Å². The summed E-state index contributed by atoms with van der Waals surface area (Å²) < 4.78 is 29.6. The number of hydrogen-bond acceptors (Lipinski definition) is 3. The van der Waals surface area contributed by atoms with E-state index in [-0.39, 0.29) is 6.04 Å². The molecule has 2 unspecified atom stereocenters. The summed E-state index contributed by atoms with van der Waals surface area (Å²) in [5, 5.41) is 3.42. The van der Waals surface area contributed by atoms with Gasteiger partial charge in [-0.1, -0.05) is 34.6 Å². The van der Waals surface area contributed by atoms with Crippen LogP contribution in [0.15, 0.2) is 0 Å². The van der Waals surface area contributed by atoms with Crippen LogP contribution in [0.4, 0.5) is 0 Å². The highest BCUT2D eigenvalue weighted by Gasteiger charge is 2.30. The number of hydrogen-bond donors (Lipinski definition) is 2. The van der Waals surface area contributed by atoms with Crippen molar-refractivity contribution in [2.24, 2.45) is 11.8 Å². The maximum atomic E-state index is 12.5. The molecule has 21 heavy (non-hydrogen) atoms. The van der Waals surface area contributed by atoms with Gasteiger partial charge < -0.3 is 5.32 Å². The van der Waals surface area contributed by atoms with Crippen molar-refractivity contribution >= 4 is 10.2 Å². The summed E-state index contributed by atoms with van der Waals surface area (Å²) in [6.45, 7) is 12.5. The van der Waals surface area contributed by atoms with Crippen LogP contribution in [0.2, 0.25) is 0 Å². The third-order valence-corrected chi connectivity index (χ3v) is 5.79. The minimum Gasteiger partial charge on any atom is -0.314 e. The van der Waals surface area contributed by atoms with Gasteiger partial charge in [0.2, 0.25) is 0 Å². The first kappa shape index (κ1) is 18.9. The predicted octanol–water partition coefficient (Wildman–Crippen LogP) is 1.97. The van der Waals surface area contributed by atoms with Crippen LogP contribution in [0.1, 0.15) is 53.9 Å². The maximum Gasteiger partial charge on any atom is 0.279 e. The first-order valence-electron chi connectivity index (χ1n) is 8.27. The molecule has 2 atom stereocenters. The number of rotatable bonds is 8. The van der Waals surface area contributed by atoms with Crippen LogP contribution in [0, 0.1) is 11.8 Å². The lowest BCUT2D eigenvalue weighted by atomic mass is 9.99. The van der Waals surface area contributed by atoms with Gasteiger partial charge in [0.25, 0.3) is 10.2 Å². The van der Waals surface area contributed by atoms with Crippen molar-refractivity contribution in [2.75, 3.05) is 19.6 Å². The average Bonchev–Trinajstić information content (AvgIpc) is 2.42. The van der Waals surface area contributed by atoms with Gasteiger partial charge in [-0.15, -0.1) is 0 Å². The van der Waals surface area contributed by atoms with Crippen LogP contribution in [-0.4, -0.2) is 44.4 Å². The molecule has 0 spiro atoms. The Bertz CT molecular complexity index is 396. The van der Waals surface area contributed by atoms with E-state index in [4.69, 9.17) is 0 Å². The van der Waals surface area contributed by atoms with Gasteiger partial charge >= 0.3 is 0 Å². The Morgan fingerprint density at radius 1 is 1.24 bits per heavy atom. The third-order valence-electron chi connectivity index (χ3n) is 4.18. The van der Waals surface area contributed by atoms with Gasteiger partial charge in [0.1, 0.15) is 0 Å². The van der Waals surface area contributed by atoms with Gasteiger partial charge in [-0.05, 0) is 37.6 Å². The topological polar surface area (TPSA) is 61.4 Å². The monoisotopic (exact) mass is 319 g/mol. The normalized spacial score (nSPS) is 22.9. The summed E-state index contributed by atoms with van der Waals surface area (Å²) in [6.07, 6.45) is 2.88. The van der Waals surface area contributed by atoms with Crippen LogP contribution in [-0.2, 0) is 10.2 Å². The highest BCUT2D eigenvalue weighted by Crippen LogP contribution is 2.19. The van der Waals surface area contributed by atoms with Crippen molar-refractivity contribution in [3.05, 3.63) is 0 Å². The van der Waals surface area contributed by atoms with Crippen LogP contribution < -0.4 is 10.0 Å². The Kier molecular flexibility index (Phi) is 7.60. The molecule has 5 nitrogen and oxygen atoms in total. The van der Waals surface area contributed by atoms with Crippen molar-refractivity contribution < 1.29 is 8.42 Å². The van der Waals surface area contributed by atoms with E-state index in [1.165, 1.54) is 0 Å². The van der Waals surface area contributed by atoms with E-state index in [0.29, 0.717) is 31.0 Å². The summed E-state index contributed by atoms with van der Waals surface area (Å²) in [4.78, 5) is 0. The van der Waals surface area contributed by atoms with Crippen molar-refractivity contribution in [3.63, 3.8) is 0 Å². The Labute approximate surface area is 131 Å². The molecule has 126 valence electrons. The molecule has 1 fully saturated rings. The van der Waals surface area contributed by atoms with Crippen LogP contribution in [0.3, 0.4) is 0 Å². The van der Waals surface area contributed by atoms with E-state index in [0.717, 1.165) is 25.8 Å². The summed E-state index contributed by atoms with van der Waals surface area (Å²) in [6, 6.07) is 0.463. The zero-order valence-electron chi connectivity index (χ0n) is 14.2. The Balaban J connectivity index is 2.61. The maximum absolute atomic E-state index is 12.5. The second-order valence-electron chi connectivity index (χ2n) is 6.81. The zero-order valence-corrected chi connectivity index (χ0v) is 15.0. The molecule has 0 aromatic heterocycles. The second kappa shape index (κ2) is 8.46. The standard InChI is InChI=1S/C15H33N3O2S/c1-6-15(12(2)3)17-21(19,20)18-9-7-8-14(11-18)10-16-13(4)5/h12-17H,6-11H2,1-5H3. The molecule has 1 heterocycles. The molecule has 0 aliphatic carbocycles. The summed E-state index contributed by atoms with van der Waals surface area (Å²) in [5.41, 5.74) is 0. The van der Waals surface area contributed by atoms with Gasteiger partial charge in [-0.3, -0.25) is 0 Å². The van der Waals surface area contributed by atoms with E-state index >= 15 is 0 Å². The van der Waals surface area contributed by atoms with E-state index in [9.17, 15) is 8.42 Å². The SMILES string of the molecule is CCC(NS(=O)(=O)N1CCCC(CNC(C)C)C1)C(C)C. The molecular weight excluding hydrogens is 286 g/mol. The van der Waals surface area contributed by atoms with Crippen LogP contribution in [0.5, 0.6) is 0 Å². The fourth-order valence-electron chi connectivity index (χ4n) is 2.77. The third kappa shape index (κ3) is 6.22. The van der Waals surface area contributed by atoms with Gasteiger partial charge in [0.05, 0.1) is 0 Å². The molecule has 1 saturated heterocycles.